The standard InChI is InChI=1S/C17H21N3O2/c1-3-13-6-4-5-7-15(13)20-17(21)14-8-9-16(19-12-14)18-10-11-22-2/h4-9,12H,3,10-11H2,1-2H3,(H,18,19)(H,20,21). The lowest BCUT2D eigenvalue weighted by Gasteiger charge is -2.10. The lowest BCUT2D eigenvalue weighted by Crippen LogP contribution is -2.14. The molecule has 0 spiro atoms. The highest BCUT2D eigenvalue weighted by Gasteiger charge is 2.08. The van der Waals surface area contributed by atoms with Gasteiger partial charge in [0.05, 0.1) is 12.2 Å². The lowest BCUT2D eigenvalue weighted by molar-refractivity contribution is 0.102. The highest BCUT2D eigenvalue weighted by Crippen LogP contribution is 2.16. The van der Waals surface area contributed by atoms with E-state index in [1.807, 2.05) is 24.3 Å². The summed E-state index contributed by atoms with van der Waals surface area (Å²) in [6.07, 6.45) is 2.44. The van der Waals surface area contributed by atoms with E-state index in [1.54, 1.807) is 25.4 Å². The second-order valence-electron chi connectivity index (χ2n) is 4.82. The van der Waals surface area contributed by atoms with Crippen LogP contribution in [0.2, 0.25) is 0 Å². The first kappa shape index (κ1) is 16.0. The second-order valence-corrected chi connectivity index (χ2v) is 4.82. The summed E-state index contributed by atoms with van der Waals surface area (Å²) in [5, 5.41) is 6.04. The fourth-order valence-electron chi connectivity index (χ4n) is 2.06. The Morgan fingerprint density at radius 1 is 1.23 bits per heavy atom. The van der Waals surface area contributed by atoms with Crippen molar-refractivity contribution in [1.29, 1.82) is 0 Å². The number of benzene rings is 1. The van der Waals surface area contributed by atoms with Crippen molar-refractivity contribution in [3.05, 3.63) is 53.7 Å². The van der Waals surface area contributed by atoms with Gasteiger partial charge < -0.3 is 15.4 Å². The van der Waals surface area contributed by atoms with Crippen LogP contribution in [0.15, 0.2) is 42.6 Å². The Kier molecular flexibility index (Phi) is 5.91. The Hall–Kier alpha value is -2.40. The van der Waals surface area contributed by atoms with E-state index in [4.69, 9.17) is 4.74 Å². The van der Waals surface area contributed by atoms with Gasteiger partial charge in [0, 0.05) is 25.5 Å². The molecule has 0 bridgehead atoms. The summed E-state index contributed by atoms with van der Waals surface area (Å²) in [5.41, 5.74) is 2.49. The topological polar surface area (TPSA) is 63.2 Å². The Morgan fingerprint density at radius 2 is 2.05 bits per heavy atom. The molecule has 0 unspecified atom stereocenters. The predicted molar refractivity (Wildman–Crippen MR) is 88.4 cm³/mol. The van der Waals surface area contributed by atoms with Crippen LogP contribution in [0.4, 0.5) is 11.5 Å². The van der Waals surface area contributed by atoms with Crippen molar-refractivity contribution in [1.82, 2.24) is 4.98 Å². The molecule has 0 saturated carbocycles. The maximum Gasteiger partial charge on any atom is 0.257 e. The summed E-state index contributed by atoms with van der Waals surface area (Å²) < 4.78 is 4.96. The fourth-order valence-corrected chi connectivity index (χ4v) is 2.06. The second kappa shape index (κ2) is 8.14. The molecule has 0 fully saturated rings. The molecular formula is C17H21N3O2. The van der Waals surface area contributed by atoms with Crippen LogP contribution < -0.4 is 10.6 Å². The van der Waals surface area contributed by atoms with Crippen LogP contribution in [-0.2, 0) is 11.2 Å². The Bertz CT molecular complexity index is 612. The summed E-state index contributed by atoms with van der Waals surface area (Å²) in [7, 11) is 1.65. The van der Waals surface area contributed by atoms with Gasteiger partial charge in [-0.05, 0) is 30.2 Å². The minimum atomic E-state index is -0.156. The first-order chi connectivity index (χ1) is 10.7. The molecule has 0 saturated heterocycles. The van der Waals surface area contributed by atoms with Gasteiger partial charge in [-0.1, -0.05) is 25.1 Å². The molecule has 22 heavy (non-hydrogen) atoms. The first-order valence-electron chi connectivity index (χ1n) is 7.32. The smallest absolute Gasteiger partial charge is 0.257 e. The number of para-hydroxylation sites is 1. The number of carbonyl (C=O) groups excluding carboxylic acids is 1. The van der Waals surface area contributed by atoms with E-state index in [0.717, 1.165) is 23.5 Å². The van der Waals surface area contributed by atoms with Crippen LogP contribution in [0, 0.1) is 0 Å². The molecule has 5 nitrogen and oxygen atoms in total. The summed E-state index contributed by atoms with van der Waals surface area (Å²) in [5.74, 6) is 0.569. The summed E-state index contributed by atoms with van der Waals surface area (Å²) >= 11 is 0. The minimum Gasteiger partial charge on any atom is -0.383 e. The molecule has 0 aliphatic carbocycles. The predicted octanol–water partition coefficient (Wildman–Crippen LogP) is 2.95. The Morgan fingerprint density at radius 3 is 2.73 bits per heavy atom. The number of anilines is 2. The number of hydrogen-bond donors (Lipinski definition) is 2. The largest absolute Gasteiger partial charge is 0.383 e. The van der Waals surface area contributed by atoms with Gasteiger partial charge in [-0.3, -0.25) is 4.79 Å². The molecule has 1 aromatic heterocycles. The fraction of sp³-hybridized carbons (Fsp3) is 0.294. The molecule has 1 amide bonds. The molecule has 0 aliphatic heterocycles. The van der Waals surface area contributed by atoms with E-state index in [0.29, 0.717) is 18.7 Å². The number of carbonyl (C=O) groups is 1. The zero-order chi connectivity index (χ0) is 15.8. The van der Waals surface area contributed by atoms with E-state index in [-0.39, 0.29) is 5.91 Å². The number of amides is 1. The minimum absolute atomic E-state index is 0.156. The van der Waals surface area contributed by atoms with Crippen molar-refractivity contribution in [2.75, 3.05) is 30.9 Å². The molecule has 0 atom stereocenters. The third-order valence-corrected chi connectivity index (χ3v) is 3.28. The summed E-state index contributed by atoms with van der Waals surface area (Å²) in [6.45, 7) is 3.35. The quantitative estimate of drug-likeness (QED) is 0.772. The first-order valence-corrected chi connectivity index (χ1v) is 7.32. The molecule has 0 aliphatic rings. The van der Waals surface area contributed by atoms with Crippen molar-refractivity contribution in [3.8, 4) is 0 Å². The van der Waals surface area contributed by atoms with Crippen molar-refractivity contribution in [2.24, 2.45) is 0 Å². The van der Waals surface area contributed by atoms with E-state index in [9.17, 15) is 4.79 Å². The number of methoxy groups -OCH3 is 1. The zero-order valence-electron chi connectivity index (χ0n) is 12.9. The maximum atomic E-state index is 12.3. The van der Waals surface area contributed by atoms with Gasteiger partial charge in [-0.15, -0.1) is 0 Å². The third kappa shape index (κ3) is 4.30. The number of pyridine rings is 1. The Labute approximate surface area is 130 Å². The van der Waals surface area contributed by atoms with Crippen LogP contribution in [0.3, 0.4) is 0 Å². The monoisotopic (exact) mass is 299 g/mol. The summed E-state index contributed by atoms with van der Waals surface area (Å²) in [6, 6.07) is 11.3. The van der Waals surface area contributed by atoms with Crippen molar-refractivity contribution in [3.63, 3.8) is 0 Å². The van der Waals surface area contributed by atoms with Crippen LogP contribution in [-0.4, -0.2) is 31.2 Å². The number of rotatable bonds is 7. The van der Waals surface area contributed by atoms with Gasteiger partial charge in [-0.2, -0.15) is 0 Å². The number of aromatic nitrogens is 1. The average Bonchev–Trinajstić information content (AvgIpc) is 2.56. The molecular weight excluding hydrogens is 278 g/mol. The van der Waals surface area contributed by atoms with E-state index < -0.39 is 0 Å². The maximum absolute atomic E-state index is 12.3. The number of nitrogens with one attached hydrogen (secondary N) is 2. The third-order valence-electron chi connectivity index (χ3n) is 3.28. The number of aryl methyl sites for hydroxylation is 1. The molecule has 2 rings (SSSR count). The van der Waals surface area contributed by atoms with Gasteiger partial charge in [0.25, 0.3) is 5.91 Å². The average molecular weight is 299 g/mol. The highest BCUT2D eigenvalue weighted by molar-refractivity contribution is 6.04. The summed E-state index contributed by atoms with van der Waals surface area (Å²) in [4.78, 5) is 16.5. The van der Waals surface area contributed by atoms with E-state index in [2.05, 4.69) is 22.5 Å². The Balaban J connectivity index is 2.00. The number of ether oxygens (including phenoxy) is 1. The molecule has 1 aromatic carbocycles. The molecule has 2 aromatic rings. The lowest BCUT2D eigenvalue weighted by atomic mass is 10.1. The normalized spacial score (nSPS) is 10.3. The van der Waals surface area contributed by atoms with Crippen molar-refractivity contribution < 1.29 is 9.53 Å². The molecule has 1 heterocycles. The van der Waals surface area contributed by atoms with E-state index >= 15 is 0 Å². The van der Waals surface area contributed by atoms with Crippen molar-refractivity contribution >= 4 is 17.4 Å². The van der Waals surface area contributed by atoms with Crippen LogP contribution in [0.5, 0.6) is 0 Å². The van der Waals surface area contributed by atoms with Crippen molar-refractivity contribution in [2.45, 2.75) is 13.3 Å². The number of nitrogens with zero attached hydrogens (tertiary/aromatic N) is 1. The van der Waals surface area contributed by atoms with Gasteiger partial charge in [0.2, 0.25) is 0 Å². The number of hydrogen-bond acceptors (Lipinski definition) is 4. The van der Waals surface area contributed by atoms with Gasteiger partial charge >= 0.3 is 0 Å². The van der Waals surface area contributed by atoms with Crippen LogP contribution >= 0.6 is 0 Å². The SMILES string of the molecule is CCc1ccccc1NC(=O)c1ccc(NCCOC)nc1. The molecule has 0 radical (unpaired) electrons. The molecule has 116 valence electrons. The van der Waals surface area contributed by atoms with Gasteiger partial charge in [0.15, 0.2) is 0 Å². The van der Waals surface area contributed by atoms with Gasteiger partial charge in [0.1, 0.15) is 5.82 Å². The highest BCUT2D eigenvalue weighted by atomic mass is 16.5. The van der Waals surface area contributed by atoms with Crippen LogP contribution in [0.1, 0.15) is 22.8 Å². The van der Waals surface area contributed by atoms with Crippen LogP contribution in [0.25, 0.3) is 0 Å². The van der Waals surface area contributed by atoms with E-state index in [1.165, 1.54) is 0 Å². The molecule has 5 heteroatoms. The van der Waals surface area contributed by atoms with Gasteiger partial charge in [-0.25, -0.2) is 4.98 Å². The zero-order valence-corrected chi connectivity index (χ0v) is 12.9. The molecule has 2 N–H and O–H groups in total.